The van der Waals surface area contributed by atoms with Crippen LogP contribution in [0.4, 0.5) is 5.69 Å². The molecule has 2 aromatic rings. The van der Waals surface area contributed by atoms with E-state index in [1.165, 1.54) is 5.56 Å². The first-order valence-electron chi connectivity index (χ1n) is 8.72. The number of anilines is 1. The fourth-order valence-electron chi connectivity index (χ4n) is 2.73. The van der Waals surface area contributed by atoms with E-state index < -0.39 is 0 Å². The zero-order chi connectivity index (χ0) is 17.4. The van der Waals surface area contributed by atoms with Gasteiger partial charge < -0.3 is 10.2 Å². The van der Waals surface area contributed by atoms with E-state index in [9.17, 15) is 4.79 Å². The number of pyridine rings is 1. The monoisotopic (exact) mass is 325 g/mol. The summed E-state index contributed by atoms with van der Waals surface area (Å²) >= 11 is 0. The number of hydrogen-bond donors (Lipinski definition) is 1. The smallest absolute Gasteiger partial charge is 0.272 e. The molecule has 2 rings (SSSR count). The fraction of sp³-hybridized carbons (Fsp3) is 0.400. The van der Waals surface area contributed by atoms with Crippen molar-refractivity contribution in [3.05, 3.63) is 59.9 Å². The number of carbonyl (C=O) groups is 1. The Morgan fingerprint density at radius 1 is 1.12 bits per heavy atom. The lowest BCUT2D eigenvalue weighted by Crippen LogP contribution is -2.33. The quantitative estimate of drug-likeness (QED) is 0.776. The van der Waals surface area contributed by atoms with Crippen LogP contribution in [-0.2, 0) is 0 Å². The molecule has 0 saturated heterocycles. The molecular formula is C20H27N3O. The highest BCUT2D eigenvalue weighted by atomic mass is 16.2. The Bertz CT molecular complexity index is 636. The van der Waals surface area contributed by atoms with Gasteiger partial charge in [0.2, 0.25) is 0 Å². The Kier molecular flexibility index (Phi) is 6.79. The Hall–Kier alpha value is -2.36. The molecule has 0 radical (unpaired) electrons. The molecule has 0 bridgehead atoms. The highest BCUT2D eigenvalue weighted by molar-refractivity contribution is 5.93. The minimum atomic E-state index is 0.00899. The van der Waals surface area contributed by atoms with Gasteiger partial charge in [-0.15, -0.1) is 0 Å². The maximum absolute atomic E-state index is 12.7. The standard InChI is InChI=1S/C20H27N3O/c1-4-13-23(14-5-2)20(24)19-15-18(11-12-21-19)22-16(3)17-9-7-6-8-10-17/h6-12,15-16H,4-5,13-14H2,1-3H3,(H,21,22). The van der Waals surface area contributed by atoms with Crippen LogP contribution in [0.15, 0.2) is 48.7 Å². The molecule has 0 fully saturated rings. The molecule has 0 aliphatic carbocycles. The summed E-state index contributed by atoms with van der Waals surface area (Å²) in [5, 5.41) is 3.45. The van der Waals surface area contributed by atoms with Crippen molar-refractivity contribution < 1.29 is 4.79 Å². The van der Waals surface area contributed by atoms with Gasteiger partial charge in [0.1, 0.15) is 5.69 Å². The molecule has 4 heteroatoms. The zero-order valence-electron chi connectivity index (χ0n) is 14.8. The Labute approximate surface area is 144 Å². The van der Waals surface area contributed by atoms with Crippen LogP contribution < -0.4 is 5.32 Å². The van der Waals surface area contributed by atoms with E-state index in [0.717, 1.165) is 31.6 Å². The van der Waals surface area contributed by atoms with E-state index in [1.807, 2.05) is 35.2 Å². The number of nitrogens with one attached hydrogen (secondary N) is 1. The predicted molar refractivity (Wildman–Crippen MR) is 99.2 cm³/mol. The summed E-state index contributed by atoms with van der Waals surface area (Å²) < 4.78 is 0. The van der Waals surface area contributed by atoms with Gasteiger partial charge in [0, 0.05) is 31.0 Å². The number of carbonyl (C=O) groups excluding carboxylic acids is 1. The Morgan fingerprint density at radius 2 is 1.79 bits per heavy atom. The number of rotatable bonds is 8. The summed E-state index contributed by atoms with van der Waals surface area (Å²) in [6, 6.07) is 14.2. The van der Waals surface area contributed by atoms with Crippen molar-refractivity contribution in [3.8, 4) is 0 Å². The minimum Gasteiger partial charge on any atom is -0.378 e. The van der Waals surface area contributed by atoms with Crippen LogP contribution >= 0.6 is 0 Å². The average Bonchev–Trinajstić information content (AvgIpc) is 2.62. The van der Waals surface area contributed by atoms with Gasteiger partial charge in [-0.1, -0.05) is 44.2 Å². The van der Waals surface area contributed by atoms with Crippen molar-refractivity contribution >= 4 is 11.6 Å². The second-order valence-electron chi connectivity index (χ2n) is 6.00. The van der Waals surface area contributed by atoms with Crippen molar-refractivity contribution in [3.63, 3.8) is 0 Å². The Balaban J connectivity index is 2.11. The van der Waals surface area contributed by atoms with E-state index in [2.05, 4.69) is 43.2 Å². The topological polar surface area (TPSA) is 45.2 Å². The lowest BCUT2D eigenvalue weighted by atomic mass is 10.1. The molecule has 1 aromatic carbocycles. The van der Waals surface area contributed by atoms with Crippen LogP contribution in [0.5, 0.6) is 0 Å². The van der Waals surface area contributed by atoms with Gasteiger partial charge in [-0.2, -0.15) is 0 Å². The van der Waals surface area contributed by atoms with Crippen LogP contribution in [0.1, 0.15) is 55.7 Å². The van der Waals surface area contributed by atoms with Crippen LogP contribution in [0.25, 0.3) is 0 Å². The molecule has 128 valence electrons. The van der Waals surface area contributed by atoms with Crippen LogP contribution in [0.3, 0.4) is 0 Å². The van der Waals surface area contributed by atoms with E-state index in [-0.39, 0.29) is 11.9 Å². The Morgan fingerprint density at radius 3 is 2.42 bits per heavy atom. The fourth-order valence-corrected chi connectivity index (χ4v) is 2.73. The molecule has 24 heavy (non-hydrogen) atoms. The molecule has 1 atom stereocenters. The highest BCUT2D eigenvalue weighted by Crippen LogP contribution is 2.19. The summed E-state index contributed by atoms with van der Waals surface area (Å²) in [6.45, 7) is 7.82. The number of nitrogens with zero attached hydrogens (tertiary/aromatic N) is 2. The summed E-state index contributed by atoms with van der Waals surface area (Å²) in [4.78, 5) is 18.8. The first-order valence-corrected chi connectivity index (χ1v) is 8.72. The highest BCUT2D eigenvalue weighted by Gasteiger charge is 2.16. The normalized spacial score (nSPS) is 11.8. The maximum atomic E-state index is 12.7. The number of amides is 1. The van der Waals surface area contributed by atoms with Crippen LogP contribution in [0.2, 0.25) is 0 Å². The summed E-state index contributed by atoms with van der Waals surface area (Å²) in [5.74, 6) is 0.00899. The molecule has 0 aliphatic heterocycles. The van der Waals surface area contributed by atoms with E-state index >= 15 is 0 Å². The summed E-state index contributed by atoms with van der Waals surface area (Å²) in [7, 11) is 0. The first-order chi connectivity index (χ1) is 11.7. The van der Waals surface area contributed by atoms with Crippen molar-refractivity contribution in [2.75, 3.05) is 18.4 Å². The second-order valence-corrected chi connectivity index (χ2v) is 6.00. The molecule has 1 unspecified atom stereocenters. The molecule has 1 N–H and O–H groups in total. The molecule has 1 aromatic heterocycles. The maximum Gasteiger partial charge on any atom is 0.272 e. The van der Waals surface area contributed by atoms with Crippen molar-refractivity contribution in [1.29, 1.82) is 0 Å². The van der Waals surface area contributed by atoms with Crippen LogP contribution in [-0.4, -0.2) is 28.9 Å². The van der Waals surface area contributed by atoms with Gasteiger partial charge in [0.05, 0.1) is 0 Å². The average molecular weight is 325 g/mol. The van der Waals surface area contributed by atoms with Gasteiger partial charge in [-0.3, -0.25) is 9.78 Å². The van der Waals surface area contributed by atoms with Gasteiger partial charge in [0.15, 0.2) is 0 Å². The third-order valence-corrected chi connectivity index (χ3v) is 3.94. The molecule has 0 aliphatic rings. The third kappa shape index (κ3) is 4.82. The van der Waals surface area contributed by atoms with Crippen molar-refractivity contribution in [2.24, 2.45) is 0 Å². The van der Waals surface area contributed by atoms with Gasteiger partial charge in [-0.25, -0.2) is 0 Å². The minimum absolute atomic E-state index is 0.00899. The summed E-state index contributed by atoms with van der Waals surface area (Å²) in [6.07, 6.45) is 3.60. The van der Waals surface area contributed by atoms with Gasteiger partial charge in [-0.05, 0) is 37.5 Å². The van der Waals surface area contributed by atoms with Gasteiger partial charge in [0.25, 0.3) is 5.91 Å². The molecule has 0 saturated carbocycles. The second kappa shape index (κ2) is 9.06. The molecule has 4 nitrogen and oxygen atoms in total. The lowest BCUT2D eigenvalue weighted by molar-refractivity contribution is 0.0749. The van der Waals surface area contributed by atoms with E-state index in [1.54, 1.807) is 6.20 Å². The van der Waals surface area contributed by atoms with Crippen molar-refractivity contribution in [2.45, 2.75) is 39.7 Å². The predicted octanol–water partition coefficient (Wildman–Crippen LogP) is 4.52. The molecule has 0 spiro atoms. The third-order valence-electron chi connectivity index (χ3n) is 3.94. The van der Waals surface area contributed by atoms with Gasteiger partial charge >= 0.3 is 0 Å². The van der Waals surface area contributed by atoms with Crippen molar-refractivity contribution in [1.82, 2.24) is 9.88 Å². The molecule has 1 amide bonds. The number of benzene rings is 1. The van der Waals surface area contributed by atoms with Crippen LogP contribution in [0, 0.1) is 0 Å². The largest absolute Gasteiger partial charge is 0.378 e. The lowest BCUT2D eigenvalue weighted by Gasteiger charge is -2.21. The molecular weight excluding hydrogens is 298 g/mol. The van der Waals surface area contributed by atoms with E-state index in [4.69, 9.17) is 0 Å². The number of hydrogen-bond acceptors (Lipinski definition) is 3. The van der Waals surface area contributed by atoms with E-state index in [0.29, 0.717) is 5.69 Å². The molecule has 1 heterocycles. The zero-order valence-corrected chi connectivity index (χ0v) is 14.8. The first kappa shape index (κ1) is 18.0. The summed E-state index contributed by atoms with van der Waals surface area (Å²) in [5.41, 5.74) is 2.63. The number of aromatic nitrogens is 1. The SMILES string of the molecule is CCCN(CCC)C(=O)c1cc(NC(C)c2ccccc2)ccn1.